The fourth-order valence-electron chi connectivity index (χ4n) is 5.41. The maximum absolute atomic E-state index is 2.28. The Kier molecular flexibility index (Phi) is 8.90. The van der Waals surface area contributed by atoms with Crippen LogP contribution >= 0.6 is 0 Å². The van der Waals surface area contributed by atoms with Crippen molar-refractivity contribution in [2.45, 2.75) is 13.8 Å². The maximum Gasteiger partial charge on any atom is -0.0177 e. The largest absolute Gasteiger partial charge is 0.0622 e. The summed E-state index contributed by atoms with van der Waals surface area (Å²) in [6.07, 6.45) is 13.3. The fourth-order valence-corrected chi connectivity index (χ4v) is 5.41. The van der Waals surface area contributed by atoms with Gasteiger partial charge in [-0.2, -0.15) is 0 Å². The second-order valence-corrected chi connectivity index (χ2v) is 11.2. The number of hydrogen-bond donors (Lipinski definition) is 0. The molecule has 0 unspecified atom stereocenters. The molecule has 0 saturated heterocycles. The van der Waals surface area contributed by atoms with Gasteiger partial charge in [-0.1, -0.05) is 170 Å². The van der Waals surface area contributed by atoms with Crippen molar-refractivity contribution in [2.24, 2.45) is 0 Å². The minimum Gasteiger partial charge on any atom is -0.0622 e. The first-order chi connectivity index (χ1) is 21.6. The molecule has 0 aliphatic rings. The third kappa shape index (κ3) is 7.30. The van der Waals surface area contributed by atoms with Gasteiger partial charge in [0.2, 0.25) is 0 Å². The van der Waals surface area contributed by atoms with E-state index in [-0.39, 0.29) is 0 Å². The molecule has 0 spiro atoms. The highest BCUT2D eigenvalue weighted by molar-refractivity contribution is 5.91. The predicted octanol–water partition coefficient (Wildman–Crippen LogP) is 12.3. The summed E-state index contributed by atoms with van der Waals surface area (Å²) >= 11 is 0. The molecule has 0 aliphatic carbocycles. The summed E-state index contributed by atoms with van der Waals surface area (Å²) in [4.78, 5) is 0. The van der Waals surface area contributed by atoms with Crippen LogP contribution < -0.4 is 0 Å². The lowest BCUT2D eigenvalue weighted by molar-refractivity contribution is 1.56. The molecule has 0 aliphatic heterocycles. The van der Waals surface area contributed by atoms with Gasteiger partial charge in [0.15, 0.2) is 0 Å². The minimum absolute atomic E-state index is 1.18. The van der Waals surface area contributed by atoms with Crippen molar-refractivity contribution in [3.05, 3.63) is 190 Å². The molecule has 0 atom stereocenters. The number of allylic oxidation sites excluding steroid dienone is 2. The highest BCUT2D eigenvalue weighted by Crippen LogP contribution is 2.25. The molecule has 0 saturated carbocycles. The summed E-state index contributed by atoms with van der Waals surface area (Å²) in [5.74, 6) is 0. The molecule has 6 aromatic carbocycles. The van der Waals surface area contributed by atoms with E-state index in [1.165, 1.54) is 66.4 Å². The highest BCUT2D eigenvalue weighted by Gasteiger charge is 2.02. The molecule has 44 heavy (non-hydrogen) atoms. The second kappa shape index (κ2) is 13.7. The van der Waals surface area contributed by atoms with Crippen LogP contribution in [0.5, 0.6) is 0 Å². The maximum atomic E-state index is 2.28. The molecule has 0 fully saturated rings. The van der Waals surface area contributed by atoms with E-state index in [1.54, 1.807) is 0 Å². The summed E-state index contributed by atoms with van der Waals surface area (Å²) in [7, 11) is 0. The Morgan fingerprint density at radius 2 is 0.705 bits per heavy atom. The van der Waals surface area contributed by atoms with Gasteiger partial charge in [-0.15, -0.1) is 0 Å². The number of hydrogen-bond acceptors (Lipinski definition) is 0. The first-order valence-corrected chi connectivity index (χ1v) is 15.2. The standard InChI is InChI=1S/C44H36/c1-33(39-11-5-3-6-12-39)29-37-21-17-35(18-22-37)25-27-43-31-41-15-9-10-16-42(41)32-44(43)28-26-36-19-23-38(24-20-36)30-34(2)40-13-7-4-8-14-40/h3-32H,1-2H3. The summed E-state index contributed by atoms with van der Waals surface area (Å²) < 4.78 is 0. The van der Waals surface area contributed by atoms with E-state index in [9.17, 15) is 0 Å². The lowest BCUT2D eigenvalue weighted by atomic mass is 9.98. The van der Waals surface area contributed by atoms with Crippen LogP contribution in [0.25, 0.3) is 58.4 Å². The Hall–Kier alpha value is -5.46. The Morgan fingerprint density at radius 3 is 1.09 bits per heavy atom. The quantitative estimate of drug-likeness (QED) is 0.161. The third-order valence-corrected chi connectivity index (χ3v) is 7.96. The van der Waals surface area contributed by atoms with Gasteiger partial charge in [0.05, 0.1) is 0 Å². The van der Waals surface area contributed by atoms with E-state index in [1.807, 2.05) is 0 Å². The van der Waals surface area contributed by atoms with Crippen LogP contribution in [0.2, 0.25) is 0 Å². The van der Waals surface area contributed by atoms with Crippen molar-refractivity contribution in [1.29, 1.82) is 0 Å². The van der Waals surface area contributed by atoms with Gasteiger partial charge in [0, 0.05) is 0 Å². The van der Waals surface area contributed by atoms with Gasteiger partial charge in [0.1, 0.15) is 0 Å². The van der Waals surface area contributed by atoms with E-state index in [2.05, 4.69) is 196 Å². The van der Waals surface area contributed by atoms with Crippen molar-refractivity contribution >= 4 is 58.4 Å². The smallest absolute Gasteiger partial charge is 0.0177 e. The van der Waals surface area contributed by atoms with Crippen LogP contribution in [0.15, 0.2) is 146 Å². The molecule has 0 N–H and O–H groups in total. The molecule has 212 valence electrons. The molecule has 0 nitrogen and oxygen atoms in total. The van der Waals surface area contributed by atoms with Crippen molar-refractivity contribution in [1.82, 2.24) is 0 Å². The van der Waals surface area contributed by atoms with Crippen molar-refractivity contribution in [2.75, 3.05) is 0 Å². The normalized spacial score (nSPS) is 12.4. The zero-order valence-corrected chi connectivity index (χ0v) is 25.3. The molecular formula is C44H36. The monoisotopic (exact) mass is 564 g/mol. The van der Waals surface area contributed by atoms with Crippen molar-refractivity contribution < 1.29 is 0 Å². The fraction of sp³-hybridized carbons (Fsp3) is 0.0455. The Morgan fingerprint density at radius 1 is 0.364 bits per heavy atom. The third-order valence-electron chi connectivity index (χ3n) is 7.96. The van der Waals surface area contributed by atoms with E-state index >= 15 is 0 Å². The molecule has 0 bridgehead atoms. The molecule has 0 amide bonds. The van der Waals surface area contributed by atoms with Crippen LogP contribution in [0.4, 0.5) is 0 Å². The average molecular weight is 565 g/mol. The Bertz CT molecular complexity index is 1820. The van der Waals surface area contributed by atoms with Crippen LogP contribution in [-0.2, 0) is 0 Å². The van der Waals surface area contributed by atoms with Gasteiger partial charge >= 0.3 is 0 Å². The summed E-state index contributed by atoms with van der Waals surface area (Å²) in [5.41, 5.74) is 12.2. The van der Waals surface area contributed by atoms with E-state index in [0.29, 0.717) is 0 Å². The van der Waals surface area contributed by atoms with Gasteiger partial charge in [-0.05, 0) is 92.4 Å². The Labute approximate surface area is 261 Å². The Balaban J connectivity index is 1.22. The molecule has 0 heteroatoms. The highest BCUT2D eigenvalue weighted by atomic mass is 14.1. The summed E-state index contributed by atoms with van der Waals surface area (Å²) in [6.45, 7) is 4.33. The molecule has 0 aromatic heterocycles. The van der Waals surface area contributed by atoms with Crippen LogP contribution in [0, 0.1) is 0 Å². The lowest BCUT2D eigenvalue weighted by Crippen LogP contribution is -1.84. The number of rotatable bonds is 8. The topological polar surface area (TPSA) is 0 Å². The zero-order valence-electron chi connectivity index (χ0n) is 25.3. The van der Waals surface area contributed by atoms with Gasteiger partial charge in [-0.3, -0.25) is 0 Å². The predicted molar refractivity (Wildman–Crippen MR) is 195 cm³/mol. The number of benzene rings is 6. The second-order valence-electron chi connectivity index (χ2n) is 11.2. The first kappa shape index (κ1) is 28.6. The molecule has 0 heterocycles. The van der Waals surface area contributed by atoms with E-state index in [4.69, 9.17) is 0 Å². The van der Waals surface area contributed by atoms with E-state index in [0.717, 1.165) is 0 Å². The van der Waals surface area contributed by atoms with Crippen LogP contribution in [-0.4, -0.2) is 0 Å². The lowest BCUT2D eigenvalue weighted by Gasteiger charge is -2.06. The van der Waals surface area contributed by atoms with Crippen LogP contribution in [0.1, 0.15) is 58.4 Å². The van der Waals surface area contributed by atoms with Gasteiger partial charge in [0.25, 0.3) is 0 Å². The van der Waals surface area contributed by atoms with Crippen molar-refractivity contribution in [3.8, 4) is 0 Å². The summed E-state index contributed by atoms with van der Waals surface area (Å²) in [6, 6.07) is 51.7. The molecule has 0 radical (unpaired) electrons. The minimum atomic E-state index is 1.18. The van der Waals surface area contributed by atoms with Gasteiger partial charge < -0.3 is 0 Å². The first-order valence-electron chi connectivity index (χ1n) is 15.2. The summed E-state index contributed by atoms with van der Waals surface area (Å²) in [5, 5.41) is 2.48. The van der Waals surface area contributed by atoms with Crippen molar-refractivity contribution in [3.63, 3.8) is 0 Å². The van der Waals surface area contributed by atoms with E-state index < -0.39 is 0 Å². The SMILES string of the molecule is CC(=Cc1ccc(C=Cc2cc3ccccc3cc2C=Cc2ccc(C=C(C)c3ccccc3)cc2)cc1)c1ccccc1. The van der Waals surface area contributed by atoms with Crippen LogP contribution in [0.3, 0.4) is 0 Å². The molecule has 6 aromatic rings. The zero-order chi connectivity index (χ0) is 30.1. The number of fused-ring (bicyclic) bond motifs is 1. The van der Waals surface area contributed by atoms with Gasteiger partial charge in [-0.25, -0.2) is 0 Å². The molecular weight excluding hydrogens is 528 g/mol. The molecule has 6 rings (SSSR count). The average Bonchev–Trinajstić information content (AvgIpc) is 3.08.